The molecule has 0 aromatic heterocycles. The summed E-state index contributed by atoms with van der Waals surface area (Å²) in [5.41, 5.74) is -6.07. The van der Waals surface area contributed by atoms with Crippen LogP contribution in [0.5, 0.6) is 5.75 Å². The summed E-state index contributed by atoms with van der Waals surface area (Å²) in [6.45, 7) is 11.9. The Hall–Kier alpha value is -4.87. The lowest BCUT2D eigenvalue weighted by Gasteiger charge is -2.42. The molecular formula is C38H45F4N5O6. The number of nitrogens with zero attached hydrogens (tertiary/aromatic N) is 4. The largest absolute Gasteiger partial charge is 0.471 e. The second-order valence-electron chi connectivity index (χ2n) is 15.4. The number of hydrogen-bond acceptors (Lipinski definition) is 7. The first kappa shape index (κ1) is 39.3. The highest BCUT2D eigenvalue weighted by atomic mass is 19.4. The van der Waals surface area contributed by atoms with Gasteiger partial charge in [0.05, 0.1) is 28.4 Å². The molecule has 1 saturated heterocycles. The molecule has 0 bridgehead atoms. The third kappa shape index (κ3) is 7.77. The van der Waals surface area contributed by atoms with Crippen LogP contribution in [0.25, 0.3) is 0 Å². The number of ether oxygens (including phenoxy) is 2. The molecule has 1 saturated carbocycles. The van der Waals surface area contributed by atoms with E-state index in [0.29, 0.717) is 31.9 Å². The van der Waals surface area contributed by atoms with Gasteiger partial charge in [0, 0.05) is 55.7 Å². The molecule has 53 heavy (non-hydrogen) atoms. The highest BCUT2D eigenvalue weighted by Gasteiger charge is 2.61. The number of benzene rings is 2. The lowest BCUT2D eigenvalue weighted by molar-refractivity contribution is -0.138. The summed E-state index contributed by atoms with van der Waals surface area (Å²) < 4.78 is 71.7. The summed E-state index contributed by atoms with van der Waals surface area (Å²) in [4.78, 5) is 57.9. The zero-order valence-corrected chi connectivity index (χ0v) is 30.9. The Bertz CT molecular complexity index is 1850. The molecule has 2 fully saturated rings. The van der Waals surface area contributed by atoms with Crippen molar-refractivity contribution in [1.29, 1.82) is 5.26 Å². The molecule has 11 nitrogen and oxygen atoms in total. The normalized spacial score (nSPS) is 22.5. The Labute approximate surface area is 306 Å². The number of hydrogen-bond donors (Lipinski definition) is 1. The number of nitrogens with one attached hydrogen (secondary N) is 1. The van der Waals surface area contributed by atoms with Crippen molar-refractivity contribution in [2.45, 2.75) is 104 Å². The highest BCUT2D eigenvalue weighted by molar-refractivity contribution is 6.06. The Morgan fingerprint density at radius 1 is 1.17 bits per heavy atom. The number of carbonyl (C=O) groups excluding carboxylic acids is 4. The molecule has 1 spiro atoms. The summed E-state index contributed by atoms with van der Waals surface area (Å²) in [7, 11) is 0. The number of alkyl halides is 3. The van der Waals surface area contributed by atoms with Crippen molar-refractivity contribution in [2.75, 3.05) is 31.1 Å². The van der Waals surface area contributed by atoms with Gasteiger partial charge in [-0.1, -0.05) is 6.92 Å². The molecule has 4 amide bonds. The standard InChI is InChI=1S/C38H45F4N5O6/c1-8-31(48)44-13-15-46-28-17-24(32(49)47(22(2)3)30-19-37(30)12-9-14-45(21-37)34(51)53-35(4,5)6)25(38(40,41)42)18-29(28)52-36(7,33(46)50)26-16-23(20-43)10-11-27(26)39/h10-11,16-18,22,30H,8-9,12-15,19,21H2,1-7H3,(H,44,48)/t30-,36?,37+/m1/s1. The first-order chi connectivity index (χ1) is 24.7. The predicted molar refractivity (Wildman–Crippen MR) is 185 cm³/mol. The Morgan fingerprint density at radius 2 is 1.87 bits per heavy atom. The average molecular weight is 744 g/mol. The van der Waals surface area contributed by atoms with Crippen LogP contribution in [0.1, 0.15) is 101 Å². The minimum Gasteiger partial charge on any atom is -0.471 e. The van der Waals surface area contributed by atoms with Gasteiger partial charge in [0.1, 0.15) is 17.2 Å². The van der Waals surface area contributed by atoms with Gasteiger partial charge in [0.15, 0.2) is 0 Å². The highest BCUT2D eigenvalue weighted by Crippen LogP contribution is 2.56. The molecule has 286 valence electrons. The van der Waals surface area contributed by atoms with E-state index in [9.17, 15) is 37.6 Å². The smallest absolute Gasteiger partial charge is 0.417 e. The number of rotatable bonds is 8. The summed E-state index contributed by atoms with van der Waals surface area (Å²) in [5, 5.41) is 12.1. The summed E-state index contributed by atoms with van der Waals surface area (Å²) in [6, 6.07) is 5.70. The first-order valence-electron chi connectivity index (χ1n) is 17.7. The lowest BCUT2D eigenvalue weighted by atomic mass is 9.89. The van der Waals surface area contributed by atoms with Gasteiger partial charge in [0.2, 0.25) is 11.5 Å². The maximum absolute atomic E-state index is 15.3. The van der Waals surface area contributed by atoms with Crippen LogP contribution in [-0.2, 0) is 26.1 Å². The van der Waals surface area contributed by atoms with Crippen molar-refractivity contribution in [3.8, 4) is 11.8 Å². The van der Waals surface area contributed by atoms with Crippen molar-refractivity contribution in [3.63, 3.8) is 0 Å². The van der Waals surface area contributed by atoms with Crippen LogP contribution in [0.4, 0.5) is 28.0 Å². The van der Waals surface area contributed by atoms with Gasteiger partial charge in [-0.25, -0.2) is 9.18 Å². The van der Waals surface area contributed by atoms with Gasteiger partial charge < -0.3 is 29.5 Å². The van der Waals surface area contributed by atoms with Crippen LogP contribution in [0.15, 0.2) is 30.3 Å². The van der Waals surface area contributed by atoms with E-state index < -0.39 is 75.5 Å². The van der Waals surface area contributed by atoms with Gasteiger partial charge in [-0.3, -0.25) is 14.4 Å². The Morgan fingerprint density at radius 3 is 2.47 bits per heavy atom. The summed E-state index contributed by atoms with van der Waals surface area (Å²) >= 11 is 0. The zero-order chi connectivity index (χ0) is 39.3. The molecule has 15 heteroatoms. The van der Waals surface area contributed by atoms with E-state index in [1.54, 1.807) is 46.4 Å². The number of likely N-dealkylation sites (tertiary alicyclic amines) is 1. The maximum atomic E-state index is 15.3. The molecule has 2 aromatic carbocycles. The predicted octanol–water partition coefficient (Wildman–Crippen LogP) is 6.52. The van der Waals surface area contributed by atoms with Crippen LogP contribution in [0.2, 0.25) is 0 Å². The molecule has 1 N–H and O–H groups in total. The molecule has 3 atom stereocenters. The third-order valence-electron chi connectivity index (χ3n) is 10.0. The Balaban J connectivity index is 1.58. The van der Waals surface area contributed by atoms with Crippen molar-refractivity contribution in [2.24, 2.45) is 5.41 Å². The molecular weight excluding hydrogens is 698 g/mol. The third-order valence-corrected chi connectivity index (χ3v) is 10.0. The fraction of sp³-hybridized carbons (Fsp3) is 0.553. The average Bonchev–Trinajstić information content (AvgIpc) is 3.74. The quantitative estimate of drug-likeness (QED) is 0.305. The van der Waals surface area contributed by atoms with Gasteiger partial charge in [-0.05, 0) is 91.1 Å². The summed E-state index contributed by atoms with van der Waals surface area (Å²) in [5.74, 6) is -3.51. The van der Waals surface area contributed by atoms with Gasteiger partial charge in [-0.15, -0.1) is 0 Å². The number of nitriles is 1. The van der Waals surface area contributed by atoms with E-state index in [0.717, 1.165) is 23.1 Å². The molecule has 2 aromatic rings. The van der Waals surface area contributed by atoms with Gasteiger partial charge in [-0.2, -0.15) is 18.4 Å². The number of anilines is 1. The lowest BCUT2D eigenvalue weighted by Crippen LogP contribution is -2.54. The van der Waals surface area contributed by atoms with Crippen molar-refractivity contribution < 1.29 is 46.2 Å². The maximum Gasteiger partial charge on any atom is 0.417 e. The fourth-order valence-corrected chi connectivity index (χ4v) is 7.36. The van der Waals surface area contributed by atoms with E-state index >= 15 is 4.39 Å². The second-order valence-corrected chi connectivity index (χ2v) is 15.4. The minimum atomic E-state index is -5.06. The number of amides is 4. The molecule has 1 unspecified atom stereocenters. The number of carbonyl (C=O) groups is 4. The number of halogens is 4. The molecule has 3 aliphatic rings. The molecule has 5 rings (SSSR count). The van der Waals surface area contributed by atoms with E-state index in [1.807, 2.05) is 6.07 Å². The Kier molecular flexibility index (Phi) is 10.5. The van der Waals surface area contributed by atoms with Crippen molar-refractivity contribution in [1.82, 2.24) is 15.1 Å². The monoisotopic (exact) mass is 743 g/mol. The van der Waals surface area contributed by atoms with Crippen LogP contribution in [-0.4, -0.2) is 77.5 Å². The van der Waals surface area contributed by atoms with Crippen LogP contribution < -0.4 is 15.0 Å². The fourth-order valence-electron chi connectivity index (χ4n) is 7.36. The van der Waals surface area contributed by atoms with Crippen LogP contribution >= 0.6 is 0 Å². The number of fused-ring (bicyclic) bond motifs is 1. The topological polar surface area (TPSA) is 132 Å². The van der Waals surface area contributed by atoms with E-state index in [4.69, 9.17) is 9.47 Å². The molecule has 2 aliphatic heterocycles. The molecule has 1 aliphatic carbocycles. The van der Waals surface area contributed by atoms with Crippen LogP contribution in [0.3, 0.4) is 0 Å². The van der Waals surface area contributed by atoms with Crippen molar-refractivity contribution >= 4 is 29.5 Å². The first-order valence-corrected chi connectivity index (χ1v) is 17.7. The molecule has 0 radical (unpaired) electrons. The van der Waals surface area contributed by atoms with Crippen molar-refractivity contribution in [3.05, 3.63) is 58.4 Å². The molecule has 2 heterocycles. The minimum absolute atomic E-state index is 0.0117. The van der Waals surface area contributed by atoms with E-state index in [1.165, 1.54) is 17.9 Å². The van der Waals surface area contributed by atoms with Crippen LogP contribution in [0, 0.1) is 22.6 Å². The van der Waals surface area contributed by atoms with Gasteiger partial charge in [0.25, 0.3) is 11.8 Å². The zero-order valence-electron chi connectivity index (χ0n) is 30.9. The van der Waals surface area contributed by atoms with E-state index in [-0.39, 0.29) is 48.8 Å². The van der Waals surface area contributed by atoms with E-state index in [2.05, 4.69) is 5.32 Å². The summed E-state index contributed by atoms with van der Waals surface area (Å²) in [6.07, 6.45) is -3.67. The SMILES string of the molecule is CCC(=O)NCCN1C(=O)C(C)(c2cc(C#N)ccc2F)Oc2cc(C(F)(F)F)c(C(=O)N(C(C)C)[C@@H]3C[C@]34CCCN(C(=O)OC(C)(C)C)C4)cc21. The van der Waals surface area contributed by atoms with Gasteiger partial charge >= 0.3 is 12.3 Å². The second kappa shape index (κ2) is 14.2. The number of piperidine rings is 1.